The summed E-state index contributed by atoms with van der Waals surface area (Å²) in [4.78, 5) is 0. The molecule has 118 valence electrons. The Hall–Kier alpha value is -1.76. The molecule has 2 aromatic carbocycles. The van der Waals surface area contributed by atoms with Gasteiger partial charge in [0.25, 0.3) is 0 Å². The van der Waals surface area contributed by atoms with Crippen LogP contribution in [0.4, 0.5) is 0 Å². The van der Waals surface area contributed by atoms with Crippen LogP contribution in [0.1, 0.15) is 40.0 Å². The number of fused-ring (bicyclic) bond motifs is 5. The van der Waals surface area contributed by atoms with Gasteiger partial charge in [-0.15, -0.1) is 0 Å². The molecule has 0 amide bonds. The first-order chi connectivity index (χ1) is 11.1. The van der Waals surface area contributed by atoms with Crippen LogP contribution in [0.5, 0.6) is 0 Å². The number of benzene rings is 2. The Morgan fingerprint density at radius 3 is 1.96 bits per heavy atom. The molecule has 6 rings (SSSR count). The number of rotatable bonds is 1. The van der Waals surface area contributed by atoms with Gasteiger partial charge < -0.3 is 4.57 Å². The maximum atomic E-state index is 2.73. The molecular formula is C22H25N. The summed E-state index contributed by atoms with van der Waals surface area (Å²) in [7, 11) is 0. The van der Waals surface area contributed by atoms with E-state index >= 15 is 0 Å². The van der Waals surface area contributed by atoms with Crippen LogP contribution in [0.3, 0.4) is 0 Å². The maximum absolute atomic E-state index is 2.73. The second kappa shape index (κ2) is 4.20. The van der Waals surface area contributed by atoms with E-state index in [4.69, 9.17) is 0 Å². The molecule has 3 fully saturated rings. The van der Waals surface area contributed by atoms with Gasteiger partial charge in [0, 0.05) is 21.8 Å². The number of aromatic nitrogens is 1. The molecule has 23 heavy (non-hydrogen) atoms. The molecule has 3 atom stereocenters. The predicted octanol–water partition coefficient (Wildman–Crippen LogP) is 5.97. The van der Waals surface area contributed by atoms with Gasteiger partial charge in [-0.25, -0.2) is 0 Å². The van der Waals surface area contributed by atoms with Gasteiger partial charge in [-0.3, -0.25) is 0 Å². The summed E-state index contributed by atoms with van der Waals surface area (Å²) in [6.07, 6.45) is 4.13. The van der Waals surface area contributed by atoms with E-state index in [1.54, 1.807) is 0 Å². The van der Waals surface area contributed by atoms with Gasteiger partial charge in [-0.05, 0) is 48.6 Å². The van der Waals surface area contributed by atoms with Crippen molar-refractivity contribution >= 4 is 21.8 Å². The van der Waals surface area contributed by atoms with E-state index in [9.17, 15) is 0 Å². The second-order valence-electron chi connectivity index (χ2n) is 8.40. The minimum atomic E-state index is 0.276. The van der Waals surface area contributed by atoms with Crippen LogP contribution in [-0.4, -0.2) is 4.57 Å². The number of nitrogens with zero attached hydrogens (tertiary/aromatic N) is 1. The summed E-state index contributed by atoms with van der Waals surface area (Å²) in [5.41, 5.74) is 3.51. The molecule has 3 aliphatic rings. The number of hydrogen-bond donors (Lipinski definition) is 0. The van der Waals surface area contributed by atoms with Crippen LogP contribution < -0.4 is 0 Å². The van der Waals surface area contributed by atoms with Gasteiger partial charge in [0.1, 0.15) is 0 Å². The third-order valence-electron chi connectivity index (χ3n) is 7.44. The normalized spacial score (nSPS) is 32.1. The van der Waals surface area contributed by atoms with Crippen LogP contribution >= 0.6 is 0 Å². The fraction of sp³-hybridized carbons (Fsp3) is 0.455. The van der Waals surface area contributed by atoms with Crippen LogP contribution in [0.2, 0.25) is 0 Å². The Morgan fingerprint density at radius 1 is 0.870 bits per heavy atom. The van der Waals surface area contributed by atoms with Crippen LogP contribution in [0.15, 0.2) is 48.5 Å². The zero-order valence-electron chi connectivity index (χ0n) is 14.3. The average Bonchev–Trinajstić information content (AvgIpc) is 2.89. The third kappa shape index (κ3) is 1.40. The average molecular weight is 303 g/mol. The highest BCUT2D eigenvalue weighted by Gasteiger charge is 2.65. The monoisotopic (exact) mass is 303 g/mol. The minimum absolute atomic E-state index is 0.276. The highest BCUT2D eigenvalue weighted by Crippen LogP contribution is 2.69. The Bertz CT molecular complexity index is 863. The van der Waals surface area contributed by atoms with Crippen molar-refractivity contribution < 1.29 is 0 Å². The Morgan fingerprint density at radius 2 is 1.43 bits per heavy atom. The molecule has 0 saturated heterocycles. The van der Waals surface area contributed by atoms with Gasteiger partial charge in [-0.1, -0.05) is 57.2 Å². The number of para-hydroxylation sites is 2. The van der Waals surface area contributed by atoms with Crippen molar-refractivity contribution in [2.45, 2.75) is 45.6 Å². The van der Waals surface area contributed by atoms with Crippen molar-refractivity contribution in [3.05, 3.63) is 48.5 Å². The second-order valence-corrected chi connectivity index (χ2v) is 8.40. The Labute approximate surface area is 138 Å². The molecule has 3 aliphatic carbocycles. The molecule has 2 bridgehead atoms. The quantitative estimate of drug-likeness (QED) is 0.522. The van der Waals surface area contributed by atoms with Gasteiger partial charge >= 0.3 is 0 Å². The molecule has 0 aliphatic heterocycles. The van der Waals surface area contributed by atoms with Gasteiger partial charge in [-0.2, -0.15) is 0 Å². The minimum Gasteiger partial charge on any atom is -0.333 e. The molecule has 1 heteroatoms. The summed E-state index contributed by atoms with van der Waals surface area (Å²) < 4.78 is 2.73. The van der Waals surface area contributed by atoms with E-state index in [0.717, 1.165) is 11.8 Å². The zero-order chi connectivity index (χ0) is 15.8. The van der Waals surface area contributed by atoms with Gasteiger partial charge in [0.05, 0.1) is 5.54 Å². The van der Waals surface area contributed by atoms with E-state index < -0.39 is 0 Å². The first-order valence-electron chi connectivity index (χ1n) is 9.06. The van der Waals surface area contributed by atoms with Crippen molar-refractivity contribution in [3.63, 3.8) is 0 Å². The van der Waals surface area contributed by atoms with E-state index in [1.165, 1.54) is 41.1 Å². The fourth-order valence-corrected chi connectivity index (χ4v) is 6.06. The van der Waals surface area contributed by atoms with Crippen molar-refractivity contribution in [2.24, 2.45) is 17.3 Å². The SMILES string of the molecule is CC1CCC2CC1(n1c3ccccc3c3ccccc31)C2(C)C. The standard InChI is InChI=1S/C22H25N/c1-15-12-13-16-14-22(15,21(16,2)3)23-19-10-6-4-8-17(19)18-9-5-7-11-20(18)23/h4-11,15-16H,12-14H2,1-3H3. The first-order valence-corrected chi connectivity index (χ1v) is 9.06. The lowest BCUT2D eigenvalue weighted by Crippen LogP contribution is -2.67. The smallest absolute Gasteiger partial charge is 0.0533 e. The van der Waals surface area contributed by atoms with E-state index in [2.05, 4.69) is 73.9 Å². The zero-order valence-corrected chi connectivity index (χ0v) is 14.3. The van der Waals surface area contributed by atoms with Crippen LogP contribution in [0.25, 0.3) is 21.8 Å². The van der Waals surface area contributed by atoms with E-state index in [1.807, 2.05) is 0 Å². The van der Waals surface area contributed by atoms with Crippen molar-refractivity contribution in [1.82, 2.24) is 4.57 Å². The lowest BCUT2D eigenvalue weighted by Gasteiger charge is -2.69. The molecule has 0 N–H and O–H groups in total. The Balaban J connectivity index is 1.93. The Kier molecular flexibility index (Phi) is 2.49. The summed E-state index contributed by atoms with van der Waals surface area (Å²) >= 11 is 0. The molecule has 3 unspecified atom stereocenters. The molecule has 1 aromatic heterocycles. The molecule has 3 aromatic rings. The predicted molar refractivity (Wildman–Crippen MR) is 97.7 cm³/mol. The molecule has 1 heterocycles. The molecule has 0 spiro atoms. The molecular weight excluding hydrogens is 278 g/mol. The molecule has 3 saturated carbocycles. The molecule has 0 radical (unpaired) electrons. The van der Waals surface area contributed by atoms with E-state index in [-0.39, 0.29) is 5.54 Å². The van der Waals surface area contributed by atoms with Crippen molar-refractivity contribution in [1.29, 1.82) is 0 Å². The molecule has 1 nitrogen and oxygen atoms in total. The summed E-state index contributed by atoms with van der Waals surface area (Å²) in [6.45, 7) is 7.52. The van der Waals surface area contributed by atoms with Crippen LogP contribution in [-0.2, 0) is 5.54 Å². The van der Waals surface area contributed by atoms with Crippen molar-refractivity contribution in [2.75, 3.05) is 0 Å². The van der Waals surface area contributed by atoms with Gasteiger partial charge in [0.2, 0.25) is 0 Å². The highest BCUT2D eigenvalue weighted by molar-refractivity contribution is 6.08. The summed E-state index contributed by atoms with van der Waals surface area (Å²) in [5.74, 6) is 1.63. The maximum Gasteiger partial charge on any atom is 0.0533 e. The lowest BCUT2D eigenvalue weighted by molar-refractivity contribution is -0.174. The van der Waals surface area contributed by atoms with Gasteiger partial charge in [0.15, 0.2) is 0 Å². The summed E-state index contributed by atoms with van der Waals surface area (Å²) in [6, 6.07) is 18.0. The third-order valence-corrected chi connectivity index (χ3v) is 7.44. The topological polar surface area (TPSA) is 4.93 Å². The fourth-order valence-electron chi connectivity index (χ4n) is 6.06. The van der Waals surface area contributed by atoms with Crippen molar-refractivity contribution in [3.8, 4) is 0 Å². The van der Waals surface area contributed by atoms with E-state index in [0.29, 0.717) is 5.41 Å². The van der Waals surface area contributed by atoms with Crippen LogP contribution in [0, 0.1) is 17.3 Å². The summed E-state index contributed by atoms with van der Waals surface area (Å²) in [5, 5.41) is 2.82. The largest absolute Gasteiger partial charge is 0.333 e. The lowest BCUT2D eigenvalue weighted by atomic mass is 9.41. The number of hydrogen-bond acceptors (Lipinski definition) is 0. The highest BCUT2D eigenvalue weighted by atomic mass is 15.1. The first kappa shape index (κ1) is 13.7.